The van der Waals surface area contributed by atoms with E-state index in [9.17, 15) is 12.8 Å². The highest BCUT2D eigenvalue weighted by Crippen LogP contribution is 2.28. The molecule has 0 amide bonds. The van der Waals surface area contributed by atoms with Crippen LogP contribution in [0, 0.1) is 18.7 Å². The number of likely N-dealkylation sites (N-methyl/N-ethyl adjacent to an activating group) is 1. The van der Waals surface area contributed by atoms with E-state index in [1.54, 1.807) is 0 Å². The third-order valence-electron chi connectivity index (χ3n) is 3.53. The Bertz CT molecular complexity index is 615. The van der Waals surface area contributed by atoms with Gasteiger partial charge >= 0.3 is 0 Å². The lowest BCUT2D eigenvalue weighted by Crippen LogP contribution is -2.31. The van der Waals surface area contributed by atoms with Crippen LogP contribution in [0.15, 0.2) is 17.0 Å². The van der Waals surface area contributed by atoms with Crippen molar-refractivity contribution in [3.63, 3.8) is 0 Å². The Morgan fingerprint density at radius 1 is 1.43 bits per heavy atom. The number of anilines is 1. The van der Waals surface area contributed by atoms with Gasteiger partial charge in [0.15, 0.2) is 0 Å². The second kappa shape index (κ2) is 6.29. The molecular formula is C14H21FN2O3S. The number of nitrogens with zero attached hydrogens (tertiary/aromatic N) is 1. The van der Waals surface area contributed by atoms with Crippen molar-refractivity contribution >= 4 is 15.7 Å². The van der Waals surface area contributed by atoms with Crippen molar-refractivity contribution in [2.75, 3.05) is 32.5 Å². The summed E-state index contributed by atoms with van der Waals surface area (Å²) in [5.41, 5.74) is 6.06. The molecule has 2 rings (SSSR count). The maximum Gasteiger partial charge on any atom is 0.245 e. The summed E-state index contributed by atoms with van der Waals surface area (Å²) in [7, 11) is -2.49. The van der Waals surface area contributed by atoms with Gasteiger partial charge in [-0.2, -0.15) is 4.31 Å². The topological polar surface area (TPSA) is 72.6 Å². The molecule has 0 radical (unpaired) electrons. The van der Waals surface area contributed by atoms with Crippen molar-refractivity contribution in [2.45, 2.75) is 24.7 Å². The predicted molar refractivity (Wildman–Crippen MR) is 78.9 cm³/mol. The van der Waals surface area contributed by atoms with Gasteiger partial charge in [0.05, 0.1) is 6.61 Å². The van der Waals surface area contributed by atoms with Gasteiger partial charge in [-0.05, 0) is 43.4 Å². The van der Waals surface area contributed by atoms with E-state index in [0.29, 0.717) is 19.1 Å². The number of aryl methyl sites for hydroxylation is 1. The highest BCUT2D eigenvalue weighted by Gasteiger charge is 2.26. The van der Waals surface area contributed by atoms with E-state index >= 15 is 0 Å². The number of halogens is 1. The first-order valence-electron chi connectivity index (χ1n) is 6.92. The van der Waals surface area contributed by atoms with E-state index < -0.39 is 15.8 Å². The molecule has 2 N–H and O–H groups in total. The molecule has 21 heavy (non-hydrogen) atoms. The predicted octanol–water partition coefficient (Wildman–Crippen LogP) is 1.76. The quantitative estimate of drug-likeness (QED) is 0.614. The Hall–Kier alpha value is -1.18. The molecule has 1 aliphatic rings. The van der Waals surface area contributed by atoms with Gasteiger partial charge in [0, 0.05) is 25.9 Å². The third-order valence-corrected chi connectivity index (χ3v) is 5.39. The normalized spacial score (nSPS) is 15.6. The Morgan fingerprint density at radius 2 is 2.10 bits per heavy atom. The molecular weight excluding hydrogens is 295 g/mol. The highest BCUT2D eigenvalue weighted by atomic mass is 32.2. The molecule has 0 bridgehead atoms. The van der Waals surface area contributed by atoms with Crippen molar-refractivity contribution in [3.8, 4) is 0 Å². The van der Waals surface area contributed by atoms with Crippen molar-refractivity contribution in [3.05, 3.63) is 23.5 Å². The third kappa shape index (κ3) is 3.93. The zero-order valence-corrected chi connectivity index (χ0v) is 13.1. The van der Waals surface area contributed by atoms with Crippen molar-refractivity contribution in [1.82, 2.24) is 4.31 Å². The fourth-order valence-electron chi connectivity index (χ4n) is 1.97. The maximum absolute atomic E-state index is 14.0. The number of benzene rings is 1. The molecule has 0 aliphatic heterocycles. The molecule has 0 spiro atoms. The van der Waals surface area contributed by atoms with Crippen LogP contribution in [-0.2, 0) is 14.8 Å². The van der Waals surface area contributed by atoms with Crippen LogP contribution >= 0.6 is 0 Å². The van der Waals surface area contributed by atoms with E-state index in [4.69, 9.17) is 10.5 Å². The smallest absolute Gasteiger partial charge is 0.245 e. The molecule has 1 aromatic carbocycles. The lowest BCUT2D eigenvalue weighted by molar-refractivity contribution is 0.117. The minimum Gasteiger partial charge on any atom is -0.399 e. The van der Waals surface area contributed by atoms with Crippen molar-refractivity contribution < 1.29 is 17.5 Å². The molecule has 1 aliphatic carbocycles. The average molecular weight is 316 g/mol. The minimum atomic E-state index is -3.90. The number of hydrogen-bond donors (Lipinski definition) is 1. The summed E-state index contributed by atoms with van der Waals surface area (Å²) < 4.78 is 45.3. The average Bonchev–Trinajstić information content (AvgIpc) is 3.22. The van der Waals surface area contributed by atoms with Crippen molar-refractivity contribution in [2.24, 2.45) is 5.92 Å². The van der Waals surface area contributed by atoms with Gasteiger partial charge in [0.1, 0.15) is 10.7 Å². The fraction of sp³-hybridized carbons (Fsp3) is 0.571. The van der Waals surface area contributed by atoms with Crippen LogP contribution in [0.3, 0.4) is 0 Å². The maximum atomic E-state index is 14.0. The van der Waals surface area contributed by atoms with Crippen LogP contribution in [0.5, 0.6) is 0 Å². The Morgan fingerprint density at radius 3 is 2.71 bits per heavy atom. The fourth-order valence-corrected chi connectivity index (χ4v) is 3.29. The Kier molecular flexibility index (Phi) is 4.85. The van der Waals surface area contributed by atoms with Gasteiger partial charge in [0.25, 0.3) is 0 Å². The summed E-state index contributed by atoms with van der Waals surface area (Å²) in [6.45, 7) is 2.64. The van der Waals surface area contributed by atoms with Gasteiger partial charge in [-0.15, -0.1) is 0 Å². The molecule has 1 aromatic rings. The van der Waals surface area contributed by atoms with Gasteiger partial charge in [0.2, 0.25) is 10.0 Å². The van der Waals surface area contributed by atoms with Gasteiger partial charge in [-0.3, -0.25) is 0 Å². The molecule has 0 atom stereocenters. The molecule has 0 aromatic heterocycles. The second-order valence-electron chi connectivity index (χ2n) is 5.49. The van der Waals surface area contributed by atoms with Gasteiger partial charge < -0.3 is 10.5 Å². The van der Waals surface area contributed by atoms with Crippen LogP contribution in [0.2, 0.25) is 0 Å². The van der Waals surface area contributed by atoms with E-state index in [2.05, 4.69) is 0 Å². The number of sulfonamides is 1. The standard InChI is InChI=1S/C14H21FN2O3S/c1-10-7-12(16)8-13(14(10)15)21(18,19)17(2)5-6-20-9-11-3-4-11/h7-8,11H,3-6,9,16H2,1-2H3. The van der Waals surface area contributed by atoms with Crippen LogP contribution in [-0.4, -0.2) is 39.5 Å². The molecule has 0 heterocycles. The number of hydrogen-bond acceptors (Lipinski definition) is 4. The second-order valence-corrected chi connectivity index (χ2v) is 7.51. The summed E-state index contributed by atoms with van der Waals surface area (Å²) in [6, 6.07) is 2.56. The largest absolute Gasteiger partial charge is 0.399 e. The molecule has 5 nitrogen and oxygen atoms in total. The van der Waals surface area contributed by atoms with Crippen LogP contribution in [0.25, 0.3) is 0 Å². The SMILES string of the molecule is Cc1cc(N)cc(S(=O)(=O)N(C)CCOCC2CC2)c1F. The summed E-state index contributed by atoms with van der Waals surface area (Å²) >= 11 is 0. The summed E-state index contributed by atoms with van der Waals surface area (Å²) in [5.74, 6) is -0.129. The van der Waals surface area contributed by atoms with Gasteiger partial charge in [-0.1, -0.05) is 0 Å². The Balaban J connectivity index is 2.05. The Labute approximate surface area is 124 Å². The van der Waals surface area contributed by atoms with Crippen LogP contribution < -0.4 is 5.73 Å². The molecule has 0 saturated heterocycles. The first-order chi connectivity index (χ1) is 9.82. The van der Waals surface area contributed by atoms with E-state index in [1.807, 2.05) is 0 Å². The minimum absolute atomic E-state index is 0.183. The highest BCUT2D eigenvalue weighted by molar-refractivity contribution is 7.89. The molecule has 7 heteroatoms. The number of nitrogens with two attached hydrogens (primary N) is 1. The number of rotatable bonds is 7. The molecule has 118 valence electrons. The van der Waals surface area contributed by atoms with Crippen LogP contribution in [0.1, 0.15) is 18.4 Å². The van der Waals surface area contributed by atoms with Crippen molar-refractivity contribution in [1.29, 1.82) is 0 Å². The van der Waals surface area contributed by atoms with E-state index in [1.165, 1.54) is 32.9 Å². The molecule has 0 unspecified atom stereocenters. The van der Waals surface area contributed by atoms with E-state index in [-0.39, 0.29) is 22.7 Å². The molecule has 1 saturated carbocycles. The zero-order chi connectivity index (χ0) is 15.6. The number of ether oxygens (including phenoxy) is 1. The lowest BCUT2D eigenvalue weighted by Gasteiger charge is -2.18. The first kappa shape index (κ1) is 16.2. The lowest BCUT2D eigenvalue weighted by atomic mass is 10.2. The number of nitrogen functional groups attached to an aromatic ring is 1. The summed E-state index contributed by atoms with van der Waals surface area (Å²) in [5, 5.41) is 0. The monoisotopic (exact) mass is 316 g/mol. The summed E-state index contributed by atoms with van der Waals surface area (Å²) in [6.07, 6.45) is 2.36. The van der Waals surface area contributed by atoms with Crippen LogP contribution in [0.4, 0.5) is 10.1 Å². The molecule has 1 fully saturated rings. The zero-order valence-electron chi connectivity index (χ0n) is 12.3. The van der Waals surface area contributed by atoms with E-state index in [0.717, 1.165) is 10.4 Å². The van der Waals surface area contributed by atoms with Gasteiger partial charge in [-0.25, -0.2) is 12.8 Å². The summed E-state index contributed by atoms with van der Waals surface area (Å²) in [4.78, 5) is -0.385. The first-order valence-corrected chi connectivity index (χ1v) is 8.36.